The Labute approximate surface area is 202 Å². The van der Waals surface area contributed by atoms with Gasteiger partial charge in [0, 0.05) is 22.6 Å². The van der Waals surface area contributed by atoms with Gasteiger partial charge in [0.2, 0.25) is 5.95 Å². The minimum Gasteiger partial charge on any atom is -0.492 e. The molecule has 0 radical (unpaired) electrons. The lowest BCUT2D eigenvalue weighted by atomic mass is 10.2. The van der Waals surface area contributed by atoms with E-state index in [0.717, 1.165) is 12.8 Å². The van der Waals surface area contributed by atoms with Gasteiger partial charge < -0.3 is 10.1 Å². The minimum absolute atomic E-state index is 0.0116. The second-order valence-corrected chi connectivity index (χ2v) is 9.94. The second-order valence-electron chi connectivity index (χ2n) is 7.41. The van der Waals surface area contributed by atoms with E-state index in [9.17, 15) is 13.2 Å². The first kappa shape index (κ1) is 24.7. The summed E-state index contributed by atoms with van der Waals surface area (Å²) in [6.07, 6.45) is 1.99. The summed E-state index contributed by atoms with van der Waals surface area (Å²) >= 11 is 3.43. The Bertz CT molecular complexity index is 1230. The molecule has 1 heterocycles. The maximum Gasteiger partial charge on any atom is 0.264 e. The Hall–Kier alpha value is -2.98. The lowest BCUT2D eigenvalue weighted by Gasteiger charge is -2.11. The van der Waals surface area contributed by atoms with Crippen molar-refractivity contribution in [2.24, 2.45) is 0 Å². The van der Waals surface area contributed by atoms with E-state index < -0.39 is 10.0 Å². The van der Waals surface area contributed by atoms with Crippen LogP contribution in [-0.4, -0.2) is 30.9 Å². The van der Waals surface area contributed by atoms with Crippen molar-refractivity contribution in [2.75, 3.05) is 16.6 Å². The first-order chi connectivity index (χ1) is 15.7. The van der Waals surface area contributed by atoms with E-state index in [-0.39, 0.29) is 16.8 Å². The van der Waals surface area contributed by atoms with Crippen LogP contribution in [0.5, 0.6) is 5.75 Å². The number of amides is 1. The van der Waals surface area contributed by atoms with Gasteiger partial charge in [-0.2, -0.15) is 0 Å². The first-order valence-electron chi connectivity index (χ1n) is 10.4. The molecule has 0 bridgehead atoms. The molecular formula is C23H25BrN4O4S. The van der Waals surface area contributed by atoms with Gasteiger partial charge in [-0.05, 0) is 84.7 Å². The number of rotatable bonds is 9. The van der Waals surface area contributed by atoms with Gasteiger partial charge in [0.05, 0.1) is 16.0 Å². The molecule has 1 amide bonds. The molecule has 10 heteroatoms. The second kappa shape index (κ2) is 10.8. The van der Waals surface area contributed by atoms with Crippen molar-refractivity contribution in [1.82, 2.24) is 9.97 Å². The minimum atomic E-state index is -3.87. The number of halogens is 1. The molecule has 0 atom stereocenters. The SMILES string of the molecule is CCCCOc1ccc(C(=O)Nc2ccc(S(=O)(=O)Nc3nc(C)cc(C)n3)cc2)cc1Br. The average Bonchev–Trinajstić information content (AvgIpc) is 2.74. The molecule has 3 aromatic rings. The third-order valence-corrected chi connectivity index (χ3v) is 6.54. The van der Waals surface area contributed by atoms with Gasteiger partial charge >= 0.3 is 0 Å². The van der Waals surface area contributed by atoms with Gasteiger partial charge in [0.1, 0.15) is 5.75 Å². The molecule has 0 unspecified atom stereocenters. The standard InChI is InChI=1S/C23H25BrN4O4S/c1-4-5-12-32-21-11-6-17(14-20(21)24)22(29)27-18-7-9-19(10-8-18)33(30,31)28-23-25-15(2)13-16(3)26-23/h6-11,13-14H,4-5,12H2,1-3H3,(H,27,29)(H,25,26,28). The van der Waals surface area contributed by atoms with Crippen LogP contribution in [0.3, 0.4) is 0 Å². The number of unbranched alkanes of at least 4 members (excludes halogenated alkanes) is 1. The van der Waals surface area contributed by atoms with Gasteiger partial charge in [-0.25, -0.2) is 23.1 Å². The normalized spacial score (nSPS) is 11.2. The number of anilines is 2. The molecule has 8 nitrogen and oxygen atoms in total. The Morgan fingerprint density at radius 1 is 1.03 bits per heavy atom. The lowest BCUT2D eigenvalue weighted by molar-refractivity contribution is 0.102. The van der Waals surface area contributed by atoms with E-state index in [1.165, 1.54) is 24.3 Å². The maximum absolute atomic E-state index is 12.6. The molecule has 2 N–H and O–H groups in total. The lowest BCUT2D eigenvalue weighted by Crippen LogP contribution is -2.16. The van der Waals surface area contributed by atoms with Gasteiger partial charge in [-0.15, -0.1) is 0 Å². The average molecular weight is 533 g/mol. The van der Waals surface area contributed by atoms with Crippen molar-refractivity contribution in [2.45, 2.75) is 38.5 Å². The number of hydrogen-bond acceptors (Lipinski definition) is 6. The number of aromatic nitrogens is 2. The van der Waals surface area contributed by atoms with Crippen LogP contribution in [0.25, 0.3) is 0 Å². The van der Waals surface area contributed by atoms with Crippen LogP contribution in [0.15, 0.2) is 57.9 Å². The Balaban J connectivity index is 1.67. The molecule has 0 spiro atoms. The zero-order valence-corrected chi connectivity index (χ0v) is 21.0. The molecular weight excluding hydrogens is 508 g/mol. The first-order valence-corrected chi connectivity index (χ1v) is 12.6. The summed E-state index contributed by atoms with van der Waals surface area (Å²) in [4.78, 5) is 20.8. The van der Waals surface area contributed by atoms with Crippen molar-refractivity contribution >= 4 is 43.5 Å². The molecule has 1 aromatic heterocycles. The number of sulfonamides is 1. The smallest absolute Gasteiger partial charge is 0.264 e. The molecule has 2 aromatic carbocycles. The van der Waals surface area contributed by atoms with E-state index in [0.29, 0.717) is 39.5 Å². The number of ether oxygens (including phenoxy) is 1. The molecule has 0 aliphatic heterocycles. The summed E-state index contributed by atoms with van der Waals surface area (Å²) in [6.45, 7) is 6.22. The van der Waals surface area contributed by atoms with Crippen molar-refractivity contribution in [3.05, 3.63) is 70.0 Å². The maximum atomic E-state index is 12.6. The fourth-order valence-electron chi connectivity index (χ4n) is 2.96. The zero-order valence-electron chi connectivity index (χ0n) is 18.6. The molecule has 3 rings (SSSR count). The zero-order chi connectivity index (χ0) is 24.0. The fourth-order valence-corrected chi connectivity index (χ4v) is 4.39. The number of benzene rings is 2. The number of carbonyl (C=O) groups excluding carboxylic acids is 1. The van der Waals surface area contributed by atoms with Crippen LogP contribution in [0.2, 0.25) is 0 Å². The molecule has 0 aliphatic carbocycles. The monoisotopic (exact) mass is 532 g/mol. The van der Waals surface area contributed by atoms with E-state index in [1.807, 2.05) is 0 Å². The van der Waals surface area contributed by atoms with Crippen LogP contribution in [0.4, 0.5) is 11.6 Å². The van der Waals surface area contributed by atoms with Crippen LogP contribution in [0.1, 0.15) is 41.5 Å². The molecule has 0 saturated heterocycles. The quantitative estimate of drug-likeness (QED) is 0.371. The highest BCUT2D eigenvalue weighted by atomic mass is 79.9. The fraction of sp³-hybridized carbons (Fsp3) is 0.261. The molecule has 0 fully saturated rings. The van der Waals surface area contributed by atoms with Crippen molar-refractivity contribution < 1.29 is 17.9 Å². The third-order valence-electron chi connectivity index (χ3n) is 4.58. The van der Waals surface area contributed by atoms with E-state index in [1.54, 1.807) is 38.1 Å². The highest BCUT2D eigenvalue weighted by molar-refractivity contribution is 9.10. The van der Waals surface area contributed by atoms with Gasteiger partial charge in [0.15, 0.2) is 0 Å². The summed E-state index contributed by atoms with van der Waals surface area (Å²) < 4.78 is 34.0. The number of nitrogens with zero attached hydrogens (tertiary/aromatic N) is 2. The Morgan fingerprint density at radius 2 is 1.70 bits per heavy atom. The van der Waals surface area contributed by atoms with E-state index in [2.05, 4.69) is 42.9 Å². The van der Waals surface area contributed by atoms with Crippen LogP contribution >= 0.6 is 15.9 Å². The topological polar surface area (TPSA) is 110 Å². The van der Waals surface area contributed by atoms with Crippen LogP contribution in [-0.2, 0) is 10.0 Å². The number of hydrogen-bond donors (Lipinski definition) is 2. The van der Waals surface area contributed by atoms with Gasteiger partial charge in [-0.1, -0.05) is 13.3 Å². The van der Waals surface area contributed by atoms with E-state index in [4.69, 9.17) is 4.74 Å². The Morgan fingerprint density at radius 3 is 2.30 bits per heavy atom. The van der Waals surface area contributed by atoms with Gasteiger partial charge in [-0.3, -0.25) is 4.79 Å². The largest absolute Gasteiger partial charge is 0.492 e. The predicted molar refractivity (Wildman–Crippen MR) is 131 cm³/mol. The highest BCUT2D eigenvalue weighted by Gasteiger charge is 2.17. The predicted octanol–water partition coefficient (Wildman–Crippen LogP) is 5.09. The summed E-state index contributed by atoms with van der Waals surface area (Å²) in [6, 6.07) is 12.7. The van der Waals surface area contributed by atoms with Crippen molar-refractivity contribution in [3.63, 3.8) is 0 Å². The van der Waals surface area contributed by atoms with Crippen LogP contribution in [0, 0.1) is 13.8 Å². The molecule has 0 aliphatic rings. The molecule has 174 valence electrons. The summed E-state index contributed by atoms with van der Waals surface area (Å²) in [7, 11) is -3.87. The number of nitrogens with one attached hydrogen (secondary N) is 2. The van der Waals surface area contributed by atoms with Crippen molar-refractivity contribution in [3.8, 4) is 5.75 Å². The van der Waals surface area contributed by atoms with Gasteiger partial charge in [0.25, 0.3) is 15.9 Å². The summed E-state index contributed by atoms with van der Waals surface area (Å²) in [5.74, 6) is 0.362. The number of aryl methyl sites for hydroxylation is 2. The van der Waals surface area contributed by atoms with Crippen molar-refractivity contribution in [1.29, 1.82) is 0 Å². The highest BCUT2D eigenvalue weighted by Crippen LogP contribution is 2.27. The van der Waals surface area contributed by atoms with Crippen LogP contribution < -0.4 is 14.8 Å². The van der Waals surface area contributed by atoms with E-state index >= 15 is 0 Å². The number of carbonyl (C=O) groups is 1. The molecule has 33 heavy (non-hydrogen) atoms. The Kier molecular flexibility index (Phi) is 8.04. The summed E-state index contributed by atoms with van der Waals surface area (Å²) in [5.41, 5.74) is 2.21. The molecule has 0 saturated carbocycles. The third kappa shape index (κ3) is 6.75. The summed E-state index contributed by atoms with van der Waals surface area (Å²) in [5, 5.41) is 2.76.